The van der Waals surface area contributed by atoms with Crippen molar-refractivity contribution >= 4 is 29.0 Å². The quantitative estimate of drug-likeness (QED) is 0.657. The Kier molecular flexibility index (Phi) is 5.11. The van der Waals surface area contributed by atoms with Crippen molar-refractivity contribution in [2.45, 2.75) is 11.8 Å². The Morgan fingerprint density at radius 2 is 2.05 bits per heavy atom. The summed E-state index contributed by atoms with van der Waals surface area (Å²) in [6, 6.07) is 13.1. The van der Waals surface area contributed by atoms with Crippen molar-refractivity contribution in [1.82, 2.24) is 0 Å². The molecule has 3 N–H and O–H groups in total. The van der Waals surface area contributed by atoms with E-state index in [1.165, 1.54) is 11.8 Å². The second-order valence-electron chi connectivity index (χ2n) is 4.56. The third-order valence-corrected chi connectivity index (χ3v) is 4.07. The average Bonchev–Trinajstić information content (AvgIpc) is 2.49. The van der Waals surface area contributed by atoms with Gasteiger partial charge in [0.1, 0.15) is 5.75 Å². The van der Waals surface area contributed by atoms with E-state index in [-0.39, 0.29) is 5.91 Å². The van der Waals surface area contributed by atoms with E-state index in [1.807, 2.05) is 37.3 Å². The number of benzene rings is 2. The zero-order valence-corrected chi connectivity index (χ0v) is 12.9. The minimum absolute atomic E-state index is 0.0588. The van der Waals surface area contributed by atoms with E-state index in [9.17, 15) is 4.79 Å². The molecule has 0 spiro atoms. The zero-order valence-electron chi connectivity index (χ0n) is 12.1. The van der Waals surface area contributed by atoms with Crippen LogP contribution in [0.3, 0.4) is 0 Å². The van der Waals surface area contributed by atoms with E-state index in [0.29, 0.717) is 11.4 Å². The molecule has 4 nitrogen and oxygen atoms in total. The minimum Gasteiger partial charge on any atom is -0.497 e. The lowest BCUT2D eigenvalue weighted by Crippen LogP contribution is -2.14. The lowest BCUT2D eigenvalue weighted by Gasteiger charge is -2.09. The van der Waals surface area contributed by atoms with Gasteiger partial charge >= 0.3 is 0 Å². The van der Waals surface area contributed by atoms with Crippen molar-refractivity contribution in [2.75, 3.05) is 23.9 Å². The SMILES string of the molecule is COc1ccc(N)c(SCC(=O)Nc2ccccc2C)c1. The van der Waals surface area contributed by atoms with Crippen molar-refractivity contribution in [2.24, 2.45) is 0 Å². The van der Waals surface area contributed by atoms with Crippen molar-refractivity contribution in [3.63, 3.8) is 0 Å². The van der Waals surface area contributed by atoms with E-state index < -0.39 is 0 Å². The van der Waals surface area contributed by atoms with Crippen LogP contribution < -0.4 is 15.8 Å². The summed E-state index contributed by atoms with van der Waals surface area (Å²) in [5.41, 5.74) is 8.42. The molecule has 0 atom stereocenters. The predicted octanol–water partition coefficient (Wildman–Crippen LogP) is 3.32. The number of rotatable bonds is 5. The molecule has 0 aliphatic carbocycles. The van der Waals surface area contributed by atoms with Crippen LogP contribution in [0.5, 0.6) is 5.75 Å². The summed E-state index contributed by atoms with van der Waals surface area (Å²) >= 11 is 1.39. The van der Waals surface area contributed by atoms with Gasteiger partial charge in [0.05, 0.1) is 12.9 Å². The normalized spacial score (nSPS) is 10.2. The first kappa shape index (κ1) is 15.3. The number of aryl methyl sites for hydroxylation is 1. The molecule has 0 aliphatic rings. The van der Waals surface area contributed by atoms with Gasteiger partial charge in [0, 0.05) is 16.3 Å². The summed E-state index contributed by atoms with van der Waals surface area (Å²) in [7, 11) is 1.60. The highest BCUT2D eigenvalue weighted by Gasteiger charge is 2.08. The Bertz CT molecular complexity index is 644. The number of anilines is 2. The van der Waals surface area contributed by atoms with Gasteiger partial charge in [-0.2, -0.15) is 0 Å². The Balaban J connectivity index is 1.97. The molecule has 21 heavy (non-hydrogen) atoms. The van der Waals surface area contributed by atoms with E-state index in [1.54, 1.807) is 19.2 Å². The first-order chi connectivity index (χ1) is 10.1. The first-order valence-electron chi connectivity index (χ1n) is 6.52. The smallest absolute Gasteiger partial charge is 0.234 e. The standard InChI is InChI=1S/C16H18N2O2S/c1-11-5-3-4-6-14(11)18-16(19)10-21-15-9-12(20-2)7-8-13(15)17/h3-9H,10,17H2,1-2H3,(H,18,19). The number of carbonyl (C=O) groups excluding carboxylic acids is 1. The fourth-order valence-corrected chi connectivity index (χ4v) is 2.60. The summed E-state index contributed by atoms with van der Waals surface area (Å²) in [4.78, 5) is 12.8. The topological polar surface area (TPSA) is 64.3 Å². The predicted molar refractivity (Wildman–Crippen MR) is 87.9 cm³/mol. The van der Waals surface area contributed by atoms with Gasteiger partial charge in [-0.1, -0.05) is 18.2 Å². The van der Waals surface area contributed by atoms with Crippen molar-refractivity contribution in [1.29, 1.82) is 0 Å². The summed E-state index contributed by atoms with van der Waals surface area (Å²) in [5, 5.41) is 2.90. The summed E-state index contributed by atoms with van der Waals surface area (Å²) in [5.74, 6) is 0.966. The van der Waals surface area contributed by atoms with Crippen molar-refractivity contribution in [3.8, 4) is 5.75 Å². The number of amides is 1. The van der Waals surface area contributed by atoms with Crippen LogP contribution in [0.25, 0.3) is 0 Å². The summed E-state index contributed by atoms with van der Waals surface area (Å²) in [6.07, 6.45) is 0. The number of nitrogens with two attached hydrogens (primary N) is 1. The highest BCUT2D eigenvalue weighted by Crippen LogP contribution is 2.29. The molecule has 0 unspecified atom stereocenters. The molecular weight excluding hydrogens is 284 g/mol. The highest BCUT2D eigenvalue weighted by atomic mass is 32.2. The lowest BCUT2D eigenvalue weighted by molar-refractivity contribution is -0.113. The number of methoxy groups -OCH3 is 1. The van der Waals surface area contributed by atoms with Crippen LogP contribution in [0, 0.1) is 6.92 Å². The van der Waals surface area contributed by atoms with Gasteiger partial charge in [0.15, 0.2) is 0 Å². The number of para-hydroxylation sites is 1. The van der Waals surface area contributed by atoms with Gasteiger partial charge in [0.2, 0.25) is 5.91 Å². The van der Waals surface area contributed by atoms with Crippen LogP contribution >= 0.6 is 11.8 Å². The maximum Gasteiger partial charge on any atom is 0.234 e. The van der Waals surface area contributed by atoms with Crippen LogP contribution in [-0.2, 0) is 4.79 Å². The molecule has 2 rings (SSSR count). The second-order valence-corrected chi connectivity index (χ2v) is 5.57. The van der Waals surface area contributed by atoms with Gasteiger partial charge < -0.3 is 15.8 Å². The second kappa shape index (κ2) is 7.04. The molecule has 1 amide bonds. The van der Waals surface area contributed by atoms with Crippen LogP contribution in [0.15, 0.2) is 47.4 Å². The number of ether oxygens (including phenoxy) is 1. The van der Waals surface area contributed by atoms with E-state index in [4.69, 9.17) is 10.5 Å². The zero-order chi connectivity index (χ0) is 15.2. The third kappa shape index (κ3) is 4.16. The largest absolute Gasteiger partial charge is 0.497 e. The van der Waals surface area contributed by atoms with Gasteiger partial charge in [-0.3, -0.25) is 4.79 Å². The van der Waals surface area contributed by atoms with Crippen molar-refractivity contribution in [3.05, 3.63) is 48.0 Å². The van der Waals surface area contributed by atoms with E-state index in [2.05, 4.69) is 5.32 Å². The Labute approximate surface area is 128 Å². The number of carbonyl (C=O) groups is 1. The Morgan fingerprint density at radius 1 is 1.29 bits per heavy atom. The molecule has 0 saturated heterocycles. The molecule has 0 saturated carbocycles. The number of nitrogens with one attached hydrogen (secondary N) is 1. The van der Waals surface area contributed by atoms with Gasteiger partial charge in [-0.25, -0.2) is 0 Å². The van der Waals surface area contributed by atoms with E-state index >= 15 is 0 Å². The molecule has 5 heteroatoms. The van der Waals surface area contributed by atoms with Crippen LogP contribution in [-0.4, -0.2) is 18.8 Å². The molecule has 0 heterocycles. The fourth-order valence-electron chi connectivity index (χ4n) is 1.81. The third-order valence-electron chi connectivity index (χ3n) is 3.00. The Hall–Kier alpha value is -2.14. The maximum atomic E-state index is 12.0. The molecule has 0 radical (unpaired) electrons. The van der Waals surface area contributed by atoms with Crippen LogP contribution in [0.1, 0.15) is 5.56 Å². The average molecular weight is 302 g/mol. The van der Waals surface area contributed by atoms with Crippen LogP contribution in [0.4, 0.5) is 11.4 Å². The van der Waals surface area contributed by atoms with Gasteiger partial charge in [-0.15, -0.1) is 11.8 Å². The molecule has 0 aliphatic heterocycles. The monoisotopic (exact) mass is 302 g/mol. The molecule has 110 valence electrons. The van der Waals surface area contributed by atoms with Gasteiger partial charge in [0.25, 0.3) is 0 Å². The minimum atomic E-state index is -0.0588. The fraction of sp³-hybridized carbons (Fsp3) is 0.188. The molecule has 2 aromatic rings. The number of thioether (sulfide) groups is 1. The Morgan fingerprint density at radius 3 is 2.76 bits per heavy atom. The number of hydrogen-bond acceptors (Lipinski definition) is 4. The molecule has 0 fully saturated rings. The first-order valence-corrected chi connectivity index (χ1v) is 7.50. The van der Waals surface area contributed by atoms with Crippen molar-refractivity contribution < 1.29 is 9.53 Å². The maximum absolute atomic E-state index is 12.0. The van der Waals surface area contributed by atoms with Gasteiger partial charge in [-0.05, 0) is 36.8 Å². The summed E-state index contributed by atoms with van der Waals surface area (Å²) < 4.78 is 5.16. The summed E-state index contributed by atoms with van der Waals surface area (Å²) in [6.45, 7) is 1.96. The lowest BCUT2D eigenvalue weighted by atomic mass is 10.2. The molecular formula is C16H18N2O2S. The van der Waals surface area contributed by atoms with Crippen LogP contribution in [0.2, 0.25) is 0 Å². The molecule has 0 aromatic heterocycles. The van der Waals surface area contributed by atoms with E-state index in [0.717, 1.165) is 21.9 Å². The highest BCUT2D eigenvalue weighted by molar-refractivity contribution is 8.00. The number of hydrogen-bond donors (Lipinski definition) is 2. The molecule has 0 bridgehead atoms. The number of nitrogen functional groups attached to an aromatic ring is 1. The molecule has 2 aromatic carbocycles.